The van der Waals surface area contributed by atoms with Crippen molar-refractivity contribution in [2.45, 2.75) is 38.3 Å². The standard InChI is InChI=1S/C9H17NO3/c1-2-13-6-5-8(9(11)12)10-7-3-4-7/h7-8,10H,2-6H2,1H3,(H,11,12). The smallest absolute Gasteiger partial charge is 0.320 e. The van der Waals surface area contributed by atoms with E-state index in [0.717, 1.165) is 12.8 Å². The fourth-order valence-electron chi connectivity index (χ4n) is 1.16. The van der Waals surface area contributed by atoms with Crippen LogP contribution in [0, 0.1) is 0 Å². The Balaban J connectivity index is 2.16. The molecule has 1 aliphatic carbocycles. The van der Waals surface area contributed by atoms with Crippen LogP contribution in [-0.4, -0.2) is 36.4 Å². The lowest BCUT2D eigenvalue weighted by atomic mass is 10.2. The van der Waals surface area contributed by atoms with E-state index in [4.69, 9.17) is 9.84 Å². The summed E-state index contributed by atoms with van der Waals surface area (Å²) in [4.78, 5) is 10.7. The summed E-state index contributed by atoms with van der Waals surface area (Å²) in [7, 11) is 0. The second-order valence-electron chi connectivity index (χ2n) is 3.32. The molecule has 0 amide bonds. The monoisotopic (exact) mass is 187 g/mol. The van der Waals surface area contributed by atoms with Crippen LogP contribution in [0.4, 0.5) is 0 Å². The maximum absolute atomic E-state index is 10.7. The number of carboxylic acids is 1. The molecule has 0 aromatic carbocycles. The van der Waals surface area contributed by atoms with Gasteiger partial charge in [-0.3, -0.25) is 4.79 Å². The van der Waals surface area contributed by atoms with Crippen LogP contribution in [0.3, 0.4) is 0 Å². The number of aliphatic carboxylic acids is 1. The Labute approximate surface area is 78.3 Å². The maximum Gasteiger partial charge on any atom is 0.320 e. The van der Waals surface area contributed by atoms with Crippen molar-refractivity contribution in [2.75, 3.05) is 13.2 Å². The molecule has 0 saturated heterocycles. The Hall–Kier alpha value is -0.610. The van der Waals surface area contributed by atoms with Crippen molar-refractivity contribution >= 4 is 5.97 Å². The molecule has 1 atom stereocenters. The first-order valence-corrected chi connectivity index (χ1v) is 4.80. The van der Waals surface area contributed by atoms with Gasteiger partial charge in [0.1, 0.15) is 6.04 Å². The summed E-state index contributed by atoms with van der Waals surface area (Å²) < 4.78 is 5.11. The van der Waals surface area contributed by atoms with Crippen molar-refractivity contribution in [2.24, 2.45) is 0 Å². The Kier molecular flexibility index (Phi) is 4.18. The minimum atomic E-state index is -0.772. The number of nitrogens with one attached hydrogen (secondary N) is 1. The Morgan fingerprint density at radius 3 is 2.85 bits per heavy atom. The number of carboxylic acid groups (broad SMARTS) is 1. The highest BCUT2D eigenvalue weighted by molar-refractivity contribution is 5.73. The third-order valence-corrected chi connectivity index (χ3v) is 2.07. The lowest BCUT2D eigenvalue weighted by Gasteiger charge is -2.13. The average molecular weight is 187 g/mol. The van der Waals surface area contributed by atoms with Crippen molar-refractivity contribution in [3.63, 3.8) is 0 Å². The highest BCUT2D eigenvalue weighted by atomic mass is 16.5. The molecular formula is C9H17NO3. The Morgan fingerprint density at radius 1 is 1.69 bits per heavy atom. The number of ether oxygens (including phenoxy) is 1. The first-order valence-electron chi connectivity index (χ1n) is 4.80. The normalized spacial score (nSPS) is 18.5. The van der Waals surface area contributed by atoms with Gasteiger partial charge < -0.3 is 15.2 Å². The summed E-state index contributed by atoms with van der Waals surface area (Å²) in [6, 6.07) is 0.00164. The summed E-state index contributed by atoms with van der Waals surface area (Å²) in [6.07, 6.45) is 2.77. The first-order chi connectivity index (χ1) is 6.24. The van der Waals surface area contributed by atoms with E-state index < -0.39 is 12.0 Å². The van der Waals surface area contributed by atoms with E-state index >= 15 is 0 Å². The molecule has 2 N–H and O–H groups in total. The van der Waals surface area contributed by atoms with Gasteiger partial charge in [0.15, 0.2) is 0 Å². The molecule has 1 unspecified atom stereocenters. The van der Waals surface area contributed by atoms with E-state index in [2.05, 4.69) is 5.32 Å². The molecule has 1 saturated carbocycles. The van der Waals surface area contributed by atoms with Crippen LogP contribution in [0.15, 0.2) is 0 Å². The Bertz CT molecular complexity index is 168. The lowest BCUT2D eigenvalue weighted by molar-refractivity contribution is -0.140. The minimum Gasteiger partial charge on any atom is -0.480 e. The largest absolute Gasteiger partial charge is 0.480 e. The zero-order valence-corrected chi connectivity index (χ0v) is 7.95. The van der Waals surface area contributed by atoms with Gasteiger partial charge in [0.25, 0.3) is 0 Å². The van der Waals surface area contributed by atoms with Crippen molar-refractivity contribution in [1.82, 2.24) is 5.32 Å². The summed E-state index contributed by atoms with van der Waals surface area (Å²) in [5.41, 5.74) is 0. The number of hydrogen-bond donors (Lipinski definition) is 2. The second kappa shape index (κ2) is 5.19. The molecule has 0 aliphatic heterocycles. The average Bonchev–Trinajstić information content (AvgIpc) is 2.86. The third-order valence-electron chi connectivity index (χ3n) is 2.07. The SMILES string of the molecule is CCOCCC(NC1CC1)C(=O)O. The summed E-state index contributed by atoms with van der Waals surface area (Å²) in [5.74, 6) is -0.772. The van der Waals surface area contributed by atoms with Crippen LogP contribution in [-0.2, 0) is 9.53 Å². The van der Waals surface area contributed by atoms with Gasteiger partial charge in [0, 0.05) is 19.3 Å². The fraction of sp³-hybridized carbons (Fsp3) is 0.889. The van der Waals surface area contributed by atoms with E-state index in [1.54, 1.807) is 0 Å². The highest BCUT2D eigenvalue weighted by Gasteiger charge is 2.27. The molecule has 1 aliphatic rings. The van der Waals surface area contributed by atoms with E-state index in [0.29, 0.717) is 25.7 Å². The molecule has 1 rings (SSSR count). The van der Waals surface area contributed by atoms with Gasteiger partial charge in [0.05, 0.1) is 0 Å². The quantitative estimate of drug-likeness (QED) is 0.574. The molecule has 0 radical (unpaired) electrons. The van der Waals surface area contributed by atoms with E-state index in [1.165, 1.54) is 0 Å². The van der Waals surface area contributed by atoms with E-state index in [-0.39, 0.29) is 0 Å². The predicted octanol–water partition coefficient (Wildman–Crippen LogP) is 0.618. The van der Waals surface area contributed by atoms with Crippen molar-refractivity contribution in [3.8, 4) is 0 Å². The van der Waals surface area contributed by atoms with Gasteiger partial charge in [0.2, 0.25) is 0 Å². The van der Waals surface area contributed by atoms with Crippen LogP contribution in [0.2, 0.25) is 0 Å². The molecule has 0 bridgehead atoms. The van der Waals surface area contributed by atoms with Gasteiger partial charge in [-0.25, -0.2) is 0 Å². The number of carbonyl (C=O) groups is 1. The van der Waals surface area contributed by atoms with E-state index in [9.17, 15) is 4.79 Å². The van der Waals surface area contributed by atoms with Crippen LogP contribution in [0.25, 0.3) is 0 Å². The maximum atomic E-state index is 10.7. The summed E-state index contributed by atoms with van der Waals surface area (Å²) >= 11 is 0. The molecule has 1 fully saturated rings. The lowest BCUT2D eigenvalue weighted by Crippen LogP contribution is -2.38. The molecular weight excluding hydrogens is 170 g/mol. The summed E-state index contributed by atoms with van der Waals surface area (Å²) in [6.45, 7) is 3.08. The zero-order chi connectivity index (χ0) is 9.68. The first kappa shape index (κ1) is 10.5. The molecule has 4 heteroatoms. The van der Waals surface area contributed by atoms with Gasteiger partial charge in [-0.05, 0) is 26.2 Å². The molecule has 0 aromatic heterocycles. The second-order valence-corrected chi connectivity index (χ2v) is 3.32. The van der Waals surface area contributed by atoms with Crippen LogP contribution < -0.4 is 5.32 Å². The minimum absolute atomic E-state index is 0.431. The Morgan fingerprint density at radius 2 is 2.38 bits per heavy atom. The molecule has 4 nitrogen and oxygen atoms in total. The van der Waals surface area contributed by atoms with Crippen LogP contribution >= 0.6 is 0 Å². The fourth-order valence-corrected chi connectivity index (χ4v) is 1.16. The van der Waals surface area contributed by atoms with Crippen molar-refractivity contribution in [1.29, 1.82) is 0 Å². The topological polar surface area (TPSA) is 58.6 Å². The molecule has 0 aromatic rings. The van der Waals surface area contributed by atoms with Crippen molar-refractivity contribution < 1.29 is 14.6 Å². The van der Waals surface area contributed by atoms with Gasteiger partial charge in [-0.2, -0.15) is 0 Å². The predicted molar refractivity (Wildman–Crippen MR) is 48.7 cm³/mol. The van der Waals surface area contributed by atoms with Crippen molar-refractivity contribution in [3.05, 3.63) is 0 Å². The number of hydrogen-bond acceptors (Lipinski definition) is 3. The van der Waals surface area contributed by atoms with Gasteiger partial charge >= 0.3 is 5.97 Å². The van der Waals surface area contributed by atoms with E-state index in [1.807, 2.05) is 6.92 Å². The molecule has 76 valence electrons. The van der Waals surface area contributed by atoms with Gasteiger partial charge in [-0.15, -0.1) is 0 Å². The van der Waals surface area contributed by atoms with Crippen LogP contribution in [0.5, 0.6) is 0 Å². The molecule has 13 heavy (non-hydrogen) atoms. The molecule has 0 heterocycles. The van der Waals surface area contributed by atoms with Crippen LogP contribution in [0.1, 0.15) is 26.2 Å². The highest BCUT2D eigenvalue weighted by Crippen LogP contribution is 2.19. The number of rotatable bonds is 7. The molecule has 0 spiro atoms. The summed E-state index contributed by atoms with van der Waals surface area (Å²) in [5, 5.41) is 11.9. The van der Waals surface area contributed by atoms with Gasteiger partial charge in [-0.1, -0.05) is 0 Å². The zero-order valence-electron chi connectivity index (χ0n) is 7.95. The third kappa shape index (κ3) is 4.24.